The van der Waals surface area contributed by atoms with Crippen molar-refractivity contribution in [1.82, 2.24) is 10.6 Å². The number of piperidine rings is 1. The van der Waals surface area contributed by atoms with Crippen LogP contribution in [0.2, 0.25) is 5.02 Å². The van der Waals surface area contributed by atoms with Crippen LogP contribution in [0, 0.1) is 11.8 Å². The first-order chi connectivity index (χ1) is 10.1. The highest BCUT2D eigenvalue weighted by Crippen LogP contribution is 2.41. The quantitative estimate of drug-likeness (QED) is 0.875. The van der Waals surface area contributed by atoms with E-state index in [0.717, 1.165) is 24.4 Å². The molecule has 1 unspecified atom stereocenters. The number of benzene rings is 1. The molecule has 1 aromatic carbocycles. The van der Waals surface area contributed by atoms with Gasteiger partial charge in [0.15, 0.2) is 0 Å². The average molecular weight is 343 g/mol. The minimum atomic E-state index is 0. The zero-order valence-corrected chi connectivity index (χ0v) is 14.4. The van der Waals surface area contributed by atoms with Gasteiger partial charge in [0.2, 0.25) is 5.91 Å². The van der Waals surface area contributed by atoms with Gasteiger partial charge in [0.05, 0.1) is 6.04 Å². The molecule has 1 aliphatic heterocycles. The number of rotatable bonds is 4. The SMILES string of the molecule is C[C@H]1C[C@@H](C(=O)NC(c2ccc(Cl)cc2)C2CC2)CCN1.Cl. The number of nitrogens with one attached hydrogen (secondary N) is 2. The summed E-state index contributed by atoms with van der Waals surface area (Å²) in [5.41, 5.74) is 1.18. The van der Waals surface area contributed by atoms with Crippen LogP contribution < -0.4 is 10.6 Å². The van der Waals surface area contributed by atoms with Crippen LogP contribution in [0.3, 0.4) is 0 Å². The molecule has 2 aliphatic rings. The number of hydrogen-bond donors (Lipinski definition) is 2. The largest absolute Gasteiger partial charge is 0.349 e. The molecule has 3 atom stereocenters. The molecule has 1 saturated heterocycles. The molecule has 0 bridgehead atoms. The molecular weight excluding hydrogens is 319 g/mol. The van der Waals surface area contributed by atoms with Crippen LogP contribution in [0.1, 0.15) is 44.2 Å². The van der Waals surface area contributed by atoms with Crippen molar-refractivity contribution in [3.05, 3.63) is 34.9 Å². The van der Waals surface area contributed by atoms with Crippen molar-refractivity contribution in [3.8, 4) is 0 Å². The van der Waals surface area contributed by atoms with Crippen molar-refractivity contribution in [2.24, 2.45) is 11.8 Å². The Kier molecular flexibility index (Phi) is 6.13. The molecule has 0 radical (unpaired) electrons. The average Bonchev–Trinajstić information content (AvgIpc) is 3.30. The van der Waals surface area contributed by atoms with Gasteiger partial charge in [0, 0.05) is 17.0 Å². The zero-order valence-electron chi connectivity index (χ0n) is 12.8. The lowest BCUT2D eigenvalue weighted by molar-refractivity contribution is -0.127. The summed E-state index contributed by atoms with van der Waals surface area (Å²) in [4.78, 5) is 12.6. The fourth-order valence-corrected chi connectivity index (χ4v) is 3.34. The van der Waals surface area contributed by atoms with Crippen molar-refractivity contribution in [2.75, 3.05) is 6.54 Å². The van der Waals surface area contributed by atoms with E-state index in [2.05, 4.69) is 17.6 Å². The molecule has 22 heavy (non-hydrogen) atoms. The molecule has 1 aliphatic carbocycles. The molecule has 3 rings (SSSR count). The van der Waals surface area contributed by atoms with E-state index in [1.807, 2.05) is 24.3 Å². The van der Waals surface area contributed by atoms with Crippen LogP contribution in [-0.2, 0) is 4.79 Å². The molecule has 0 spiro atoms. The lowest BCUT2D eigenvalue weighted by Gasteiger charge is -2.29. The second-order valence-electron chi connectivity index (χ2n) is 6.45. The maximum Gasteiger partial charge on any atom is 0.223 e. The van der Waals surface area contributed by atoms with E-state index in [-0.39, 0.29) is 30.3 Å². The number of carbonyl (C=O) groups excluding carboxylic acids is 1. The van der Waals surface area contributed by atoms with Crippen LogP contribution in [-0.4, -0.2) is 18.5 Å². The lowest BCUT2D eigenvalue weighted by Crippen LogP contribution is -2.43. The van der Waals surface area contributed by atoms with E-state index in [4.69, 9.17) is 11.6 Å². The normalized spacial score (nSPS) is 25.9. The molecule has 1 heterocycles. The van der Waals surface area contributed by atoms with E-state index >= 15 is 0 Å². The summed E-state index contributed by atoms with van der Waals surface area (Å²) in [5.74, 6) is 0.958. The molecule has 2 fully saturated rings. The Bertz CT molecular complexity index is 502. The predicted molar refractivity (Wildman–Crippen MR) is 92.5 cm³/mol. The van der Waals surface area contributed by atoms with Gasteiger partial charge in [0.1, 0.15) is 0 Å². The first kappa shape index (κ1) is 17.6. The monoisotopic (exact) mass is 342 g/mol. The third-order valence-corrected chi connectivity index (χ3v) is 4.87. The maximum absolute atomic E-state index is 12.6. The van der Waals surface area contributed by atoms with E-state index < -0.39 is 0 Å². The zero-order chi connectivity index (χ0) is 14.8. The number of amides is 1. The lowest BCUT2D eigenvalue weighted by atomic mass is 9.91. The van der Waals surface area contributed by atoms with Gasteiger partial charge < -0.3 is 10.6 Å². The molecule has 5 heteroatoms. The summed E-state index contributed by atoms with van der Waals surface area (Å²) in [6.45, 7) is 3.09. The summed E-state index contributed by atoms with van der Waals surface area (Å²) in [6, 6.07) is 8.48. The van der Waals surface area contributed by atoms with Gasteiger partial charge in [-0.3, -0.25) is 4.79 Å². The van der Waals surface area contributed by atoms with Gasteiger partial charge in [-0.1, -0.05) is 23.7 Å². The van der Waals surface area contributed by atoms with Gasteiger partial charge in [-0.2, -0.15) is 0 Å². The minimum absolute atomic E-state index is 0. The van der Waals surface area contributed by atoms with Crippen LogP contribution in [0.4, 0.5) is 0 Å². The Morgan fingerprint density at radius 2 is 1.95 bits per heavy atom. The smallest absolute Gasteiger partial charge is 0.223 e. The summed E-state index contributed by atoms with van der Waals surface area (Å²) in [5, 5.41) is 7.44. The van der Waals surface area contributed by atoms with E-state index in [1.165, 1.54) is 18.4 Å². The minimum Gasteiger partial charge on any atom is -0.349 e. The molecule has 2 N–H and O–H groups in total. The molecular formula is C17H24Cl2N2O. The standard InChI is InChI=1S/C17H23ClN2O.ClH/c1-11-10-14(8-9-19-11)17(21)20-16(12-2-3-12)13-4-6-15(18)7-5-13;/h4-7,11-12,14,16,19H,2-3,8-10H2,1H3,(H,20,21);1H/t11-,14-,16?;/m0./s1. The van der Waals surface area contributed by atoms with Crippen molar-refractivity contribution in [1.29, 1.82) is 0 Å². The maximum atomic E-state index is 12.6. The Morgan fingerprint density at radius 1 is 1.27 bits per heavy atom. The Hall–Kier alpha value is -0.770. The second-order valence-corrected chi connectivity index (χ2v) is 6.89. The van der Waals surface area contributed by atoms with Gasteiger partial charge in [-0.05, 0) is 62.8 Å². The number of halogens is 2. The van der Waals surface area contributed by atoms with Gasteiger partial charge >= 0.3 is 0 Å². The number of hydrogen-bond acceptors (Lipinski definition) is 2. The molecule has 122 valence electrons. The third kappa shape index (κ3) is 4.37. The summed E-state index contributed by atoms with van der Waals surface area (Å²) in [7, 11) is 0. The first-order valence-electron chi connectivity index (χ1n) is 7.92. The number of carbonyl (C=O) groups is 1. The second kappa shape index (κ2) is 7.67. The van der Waals surface area contributed by atoms with Crippen molar-refractivity contribution in [2.45, 2.75) is 44.7 Å². The van der Waals surface area contributed by atoms with E-state index in [0.29, 0.717) is 12.0 Å². The van der Waals surface area contributed by atoms with Gasteiger partial charge in [0.25, 0.3) is 0 Å². The van der Waals surface area contributed by atoms with Crippen LogP contribution >= 0.6 is 24.0 Å². The van der Waals surface area contributed by atoms with Crippen LogP contribution in [0.5, 0.6) is 0 Å². The van der Waals surface area contributed by atoms with Crippen molar-refractivity contribution in [3.63, 3.8) is 0 Å². The van der Waals surface area contributed by atoms with Crippen molar-refractivity contribution < 1.29 is 4.79 Å². The first-order valence-corrected chi connectivity index (χ1v) is 8.30. The highest BCUT2D eigenvalue weighted by atomic mass is 35.5. The summed E-state index contributed by atoms with van der Waals surface area (Å²) >= 11 is 5.96. The summed E-state index contributed by atoms with van der Waals surface area (Å²) in [6.07, 6.45) is 4.28. The van der Waals surface area contributed by atoms with Crippen LogP contribution in [0.15, 0.2) is 24.3 Å². The molecule has 3 nitrogen and oxygen atoms in total. The fourth-order valence-electron chi connectivity index (χ4n) is 3.21. The fraction of sp³-hybridized carbons (Fsp3) is 0.588. The van der Waals surface area contributed by atoms with E-state index in [1.54, 1.807) is 0 Å². The van der Waals surface area contributed by atoms with E-state index in [9.17, 15) is 4.79 Å². The topological polar surface area (TPSA) is 41.1 Å². The summed E-state index contributed by atoms with van der Waals surface area (Å²) < 4.78 is 0. The van der Waals surface area contributed by atoms with Gasteiger partial charge in [-0.15, -0.1) is 12.4 Å². The molecule has 1 aromatic rings. The predicted octanol–water partition coefficient (Wildman–Crippen LogP) is 3.72. The molecule has 0 aromatic heterocycles. The molecule has 1 amide bonds. The Labute approximate surface area is 143 Å². The van der Waals surface area contributed by atoms with Crippen LogP contribution in [0.25, 0.3) is 0 Å². The highest BCUT2D eigenvalue weighted by Gasteiger charge is 2.35. The van der Waals surface area contributed by atoms with Crippen molar-refractivity contribution >= 4 is 29.9 Å². The molecule has 1 saturated carbocycles. The highest BCUT2D eigenvalue weighted by molar-refractivity contribution is 6.30. The Morgan fingerprint density at radius 3 is 2.55 bits per heavy atom. The third-order valence-electron chi connectivity index (χ3n) is 4.61. The Balaban J connectivity index is 0.00000176. The van der Waals surface area contributed by atoms with Gasteiger partial charge in [-0.25, -0.2) is 0 Å².